The van der Waals surface area contributed by atoms with Crippen LogP contribution in [0.1, 0.15) is 10.6 Å². The van der Waals surface area contributed by atoms with Crippen LogP contribution >= 0.6 is 11.3 Å². The van der Waals surface area contributed by atoms with E-state index in [9.17, 15) is 31.1 Å². The molecular formula is C14H10F6N2O2S. The van der Waals surface area contributed by atoms with Crippen molar-refractivity contribution < 1.29 is 35.9 Å². The quantitative estimate of drug-likeness (QED) is 0.788. The van der Waals surface area contributed by atoms with Gasteiger partial charge < -0.3 is 10.5 Å². The maximum absolute atomic E-state index is 12.8. The number of halogens is 6. The predicted octanol–water partition coefficient (Wildman–Crippen LogP) is 4.16. The van der Waals surface area contributed by atoms with Crippen molar-refractivity contribution in [1.82, 2.24) is 4.98 Å². The topological polar surface area (TPSA) is 65.2 Å². The Morgan fingerprint density at radius 1 is 1.24 bits per heavy atom. The van der Waals surface area contributed by atoms with Gasteiger partial charge in [-0.15, -0.1) is 11.3 Å². The Morgan fingerprint density at radius 3 is 2.44 bits per heavy atom. The minimum Gasteiger partial charge on any atom is -0.438 e. The van der Waals surface area contributed by atoms with Crippen molar-refractivity contribution in [3.8, 4) is 11.6 Å². The molecule has 11 heteroatoms. The Hall–Kier alpha value is -2.30. The van der Waals surface area contributed by atoms with E-state index in [1.165, 1.54) is 18.2 Å². The summed E-state index contributed by atoms with van der Waals surface area (Å²) in [6, 6.07) is 4.55. The number of nitrogens with zero attached hydrogens (tertiary/aromatic N) is 1. The highest BCUT2D eigenvalue weighted by atomic mass is 32.1. The summed E-state index contributed by atoms with van der Waals surface area (Å²) < 4.78 is 81.0. The molecule has 0 saturated carbocycles. The van der Waals surface area contributed by atoms with Crippen LogP contribution in [-0.2, 0) is 17.4 Å². The van der Waals surface area contributed by atoms with Crippen molar-refractivity contribution in [3.05, 3.63) is 40.2 Å². The smallest absolute Gasteiger partial charge is 0.425 e. The summed E-state index contributed by atoms with van der Waals surface area (Å²) in [4.78, 5) is 13.8. The van der Waals surface area contributed by atoms with Gasteiger partial charge in [0.2, 0.25) is 11.8 Å². The zero-order valence-corrected chi connectivity index (χ0v) is 13.0. The number of alkyl halides is 6. The first-order valence-electron chi connectivity index (χ1n) is 6.62. The molecule has 0 fully saturated rings. The lowest BCUT2D eigenvalue weighted by atomic mass is 10.0. The van der Waals surface area contributed by atoms with Crippen molar-refractivity contribution in [2.24, 2.45) is 11.7 Å². The van der Waals surface area contributed by atoms with E-state index in [0.717, 1.165) is 11.4 Å². The Labute approximate surface area is 141 Å². The third-order valence-corrected chi connectivity index (χ3v) is 3.96. The zero-order chi connectivity index (χ0) is 18.8. The number of hydrogen-bond donors (Lipinski definition) is 1. The molecule has 0 spiro atoms. The minimum absolute atomic E-state index is 0.134. The molecule has 4 nitrogen and oxygen atoms in total. The number of ether oxygens (including phenoxy) is 1. The predicted molar refractivity (Wildman–Crippen MR) is 76.1 cm³/mol. The van der Waals surface area contributed by atoms with Gasteiger partial charge in [0, 0.05) is 29.6 Å². The Kier molecular flexibility index (Phi) is 5.26. The summed E-state index contributed by atoms with van der Waals surface area (Å²) in [5.74, 6) is -4.32. The van der Waals surface area contributed by atoms with Crippen molar-refractivity contribution in [3.63, 3.8) is 0 Å². The molecule has 136 valence electrons. The van der Waals surface area contributed by atoms with Crippen molar-refractivity contribution >= 4 is 17.2 Å². The van der Waals surface area contributed by atoms with Crippen LogP contribution in [0.5, 0.6) is 11.6 Å². The molecule has 2 N–H and O–H groups in total. The van der Waals surface area contributed by atoms with Gasteiger partial charge in [-0.3, -0.25) is 4.79 Å². The van der Waals surface area contributed by atoms with Gasteiger partial charge in [-0.25, -0.2) is 4.98 Å². The van der Waals surface area contributed by atoms with E-state index in [1.807, 2.05) is 0 Å². The molecule has 25 heavy (non-hydrogen) atoms. The Morgan fingerprint density at radius 2 is 1.92 bits per heavy atom. The number of thiophene rings is 1. The zero-order valence-electron chi connectivity index (χ0n) is 12.2. The molecule has 0 aromatic carbocycles. The van der Waals surface area contributed by atoms with E-state index in [0.29, 0.717) is 11.3 Å². The fourth-order valence-electron chi connectivity index (χ4n) is 1.86. The summed E-state index contributed by atoms with van der Waals surface area (Å²) in [6.07, 6.45) is -10.2. The van der Waals surface area contributed by atoms with E-state index in [2.05, 4.69) is 4.98 Å². The largest absolute Gasteiger partial charge is 0.438 e. The second-order valence-corrected chi connectivity index (χ2v) is 5.83. The molecule has 0 aliphatic carbocycles. The molecule has 0 radical (unpaired) electrons. The fourth-order valence-corrected chi connectivity index (χ4v) is 2.53. The van der Waals surface area contributed by atoms with E-state index in [1.54, 1.807) is 0 Å². The highest BCUT2D eigenvalue weighted by Gasteiger charge is 2.43. The summed E-state index contributed by atoms with van der Waals surface area (Å²) in [5, 5.41) is 1.10. The number of hydrogen-bond acceptors (Lipinski definition) is 4. The van der Waals surface area contributed by atoms with E-state index in [4.69, 9.17) is 10.5 Å². The van der Waals surface area contributed by atoms with Gasteiger partial charge in [0.05, 0.1) is 0 Å². The first kappa shape index (κ1) is 19.0. The molecule has 0 aliphatic heterocycles. The minimum atomic E-state index is -4.83. The van der Waals surface area contributed by atoms with Gasteiger partial charge in [0.15, 0.2) is 0 Å². The van der Waals surface area contributed by atoms with Gasteiger partial charge in [-0.1, -0.05) is 6.07 Å². The molecule has 2 aromatic heterocycles. The van der Waals surface area contributed by atoms with Crippen LogP contribution in [0.25, 0.3) is 0 Å². The number of amides is 1. The number of pyridine rings is 1. The standard InChI is InChI=1S/C14H10F6N2O2S/c15-13(16,17)9(12(21)23)4-7-2-1-3-11(22-7)24-8-5-10(25-6-8)14(18,19)20/h1-3,5-6,9H,4H2,(H2,21,23). The van der Waals surface area contributed by atoms with Crippen LogP contribution in [0.15, 0.2) is 29.6 Å². The van der Waals surface area contributed by atoms with E-state index >= 15 is 0 Å². The van der Waals surface area contributed by atoms with Gasteiger partial charge in [-0.05, 0) is 6.07 Å². The van der Waals surface area contributed by atoms with Gasteiger partial charge >= 0.3 is 12.4 Å². The summed E-state index contributed by atoms with van der Waals surface area (Å²) >= 11 is 0.410. The number of carbonyl (C=O) groups is 1. The Bertz CT molecular complexity index is 756. The molecule has 2 heterocycles. The van der Waals surface area contributed by atoms with Gasteiger partial charge in [-0.2, -0.15) is 26.3 Å². The molecular weight excluding hydrogens is 374 g/mol. The fraction of sp³-hybridized carbons (Fsp3) is 0.286. The number of nitrogens with two attached hydrogens (primary N) is 1. The van der Waals surface area contributed by atoms with Crippen LogP contribution in [0.3, 0.4) is 0 Å². The second-order valence-electron chi connectivity index (χ2n) is 4.91. The lowest BCUT2D eigenvalue weighted by Gasteiger charge is -2.16. The molecule has 0 bridgehead atoms. The number of carbonyl (C=O) groups excluding carboxylic acids is 1. The SMILES string of the molecule is NC(=O)C(Cc1cccc(Oc2csc(C(F)(F)F)c2)n1)C(F)(F)F. The van der Waals surface area contributed by atoms with Crippen molar-refractivity contribution in [2.75, 3.05) is 0 Å². The average Bonchev–Trinajstić information content (AvgIpc) is 2.92. The lowest BCUT2D eigenvalue weighted by Crippen LogP contribution is -2.37. The van der Waals surface area contributed by atoms with E-state index in [-0.39, 0.29) is 17.3 Å². The molecule has 0 saturated heterocycles. The number of aromatic nitrogens is 1. The summed E-state index contributed by atoms with van der Waals surface area (Å²) in [6.45, 7) is 0. The second kappa shape index (κ2) is 6.90. The molecule has 2 aromatic rings. The Balaban J connectivity index is 2.16. The monoisotopic (exact) mass is 384 g/mol. The summed E-state index contributed by atoms with van der Waals surface area (Å²) in [5.41, 5.74) is 4.62. The van der Waals surface area contributed by atoms with Crippen molar-refractivity contribution in [1.29, 1.82) is 0 Å². The first-order valence-corrected chi connectivity index (χ1v) is 7.50. The molecule has 1 amide bonds. The molecule has 2 rings (SSSR count). The van der Waals surface area contributed by atoms with Crippen LogP contribution in [0.2, 0.25) is 0 Å². The third kappa shape index (κ3) is 5.08. The highest BCUT2D eigenvalue weighted by Crippen LogP contribution is 2.37. The molecule has 1 unspecified atom stereocenters. The average molecular weight is 384 g/mol. The summed E-state index contributed by atoms with van der Waals surface area (Å²) in [7, 11) is 0. The van der Waals surface area contributed by atoms with Crippen LogP contribution < -0.4 is 10.5 Å². The molecule has 0 aliphatic rings. The number of rotatable bonds is 5. The van der Waals surface area contributed by atoms with Gasteiger partial charge in [0.1, 0.15) is 16.5 Å². The first-order chi connectivity index (χ1) is 11.5. The highest BCUT2D eigenvalue weighted by molar-refractivity contribution is 7.10. The number of primary amides is 1. The lowest BCUT2D eigenvalue weighted by molar-refractivity contribution is -0.180. The third-order valence-electron chi connectivity index (χ3n) is 3.01. The van der Waals surface area contributed by atoms with Crippen LogP contribution in [0.4, 0.5) is 26.3 Å². The van der Waals surface area contributed by atoms with Crippen LogP contribution in [0, 0.1) is 5.92 Å². The van der Waals surface area contributed by atoms with E-state index < -0.39 is 35.5 Å². The normalized spacial score (nSPS) is 13.5. The molecule has 1 atom stereocenters. The maximum atomic E-state index is 12.8. The van der Waals surface area contributed by atoms with Crippen molar-refractivity contribution in [2.45, 2.75) is 18.8 Å². The van der Waals surface area contributed by atoms with Crippen LogP contribution in [-0.4, -0.2) is 17.1 Å². The van der Waals surface area contributed by atoms with Gasteiger partial charge in [0.25, 0.3) is 0 Å². The maximum Gasteiger partial charge on any atom is 0.425 e.